The Morgan fingerprint density at radius 2 is 2.46 bits per heavy atom. The average molecular weight is 195 g/mol. The van der Waals surface area contributed by atoms with E-state index in [1.165, 1.54) is 10.4 Å². The molecule has 1 aromatic rings. The molecule has 0 saturated heterocycles. The molecule has 2 rings (SSSR count). The van der Waals surface area contributed by atoms with Gasteiger partial charge in [-0.3, -0.25) is 9.69 Å². The predicted molar refractivity (Wildman–Crippen MR) is 54.5 cm³/mol. The van der Waals surface area contributed by atoms with Gasteiger partial charge in [-0.2, -0.15) is 0 Å². The molecule has 70 valence electrons. The fraction of sp³-hybridized carbons (Fsp3) is 0.500. The van der Waals surface area contributed by atoms with Gasteiger partial charge in [-0.15, -0.1) is 11.3 Å². The predicted octanol–water partition coefficient (Wildman–Crippen LogP) is 2.11. The van der Waals surface area contributed by atoms with Crippen molar-refractivity contribution in [1.82, 2.24) is 4.90 Å². The number of nitrogens with zero attached hydrogens (tertiary/aromatic N) is 1. The molecule has 0 fully saturated rings. The minimum Gasteiger partial charge on any atom is -0.298 e. The molecule has 1 aliphatic heterocycles. The van der Waals surface area contributed by atoms with Gasteiger partial charge in [-0.05, 0) is 32.0 Å². The zero-order valence-electron chi connectivity index (χ0n) is 7.91. The van der Waals surface area contributed by atoms with E-state index in [9.17, 15) is 4.79 Å². The third kappa shape index (κ3) is 1.42. The molecule has 0 bridgehead atoms. The largest absolute Gasteiger partial charge is 0.298 e. The van der Waals surface area contributed by atoms with Crippen LogP contribution in [0.1, 0.15) is 33.1 Å². The van der Waals surface area contributed by atoms with Crippen molar-refractivity contribution in [2.75, 3.05) is 13.6 Å². The Morgan fingerprint density at radius 1 is 1.69 bits per heavy atom. The van der Waals surface area contributed by atoms with Crippen molar-refractivity contribution in [2.45, 2.75) is 19.4 Å². The normalized spacial score (nSPS) is 22.8. The molecule has 1 unspecified atom stereocenters. The molecule has 0 aliphatic carbocycles. The summed E-state index contributed by atoms with van der Waals surface area (Å²) in [7, 11) is 2.13. The van der Waals surface area contributed by atoms with Crippen LogP contribution in [-0.4, -0.2) is 24.8 Å². The molecule has 2 nitrogen and oxygen atoms in total. The van der Waals surface area contributed by atoms with Crippen LogP contribution in [0.25, 0.3) is 0 Å². The standard InChI is InChI=1S/C10H13NOS/c1-7-10-8(3-4-11(7)2)5-9(6-12)13-10/h5-7H,3-4H2,1-2H3. The molecule has 0 aromatic carbocycles. The van der Waals surface area contributed by atoms with E-state index >= 15 is 0 Å². The van der Waals surface area contributed by atoms with E-state index in [1.807, 2.05) is 6.07 Å². The summed E-state index contributed by atoms with van der Waals surface area (Å²) in [5, 5.41) is 0. The molecule has 1 aromatic heterocycles. The molecule has 0 radical (unpaired) electrons. The van der Waals surface area contributed by atoms with E-state index in [0.717, 1.165) is 24.1 Å². The van der Waals surface area contributed by atoms with Crippen molar-refractivity contribution >= 4 is 17.6 Å². The second-order valence-corrected chi connectivity index (χ2v) is 4.68. The quantitative estimate of drug-likeness (QED) is 0.640. The lowest BCUT2D eigenvalue weighted by Crippen LogP contribution is -2.28. The van der Waals surface area contributed by atoms with Crippen LogP contribution >= 0.6 is 11.3 Å². The topological polar surface area (TPSA) is 20.3 Å². The Labute approximate surface area is 82.2 Å². The maximum atomic E-state index is 10.6. The van der Waals surface area contributed by atoms with Crippen LogP contribution in [0.4, 0.5) is 0 Å². The highest BCUT2D eigenvalue weighted by atomic mass is 32.1. The zero-order valence-corrected chi connectivity index (χ0v) is 8.73. The molecule has 0 amide bonds. The third-order valence-corrected chi connectivity index (χ3v) is 4.02. The van der Waals surface area contributed by atoms with Crippen LogP contribution in [0.5, 0.6) is 0 Å². The van der Waals surface area contributed by atoms with Crippen molar-refractivity contribution in [2.24, 2.45) is 0 Å². The number of thiophene rings is 1. The molecule has 1 aliphatic rings. The summed E-state index contributed by atoms with van der Waals surface area (Å²) < 4.78 is 0. The van der Waals surface area contributed by atoms with Gasteiger partial charge in [0.2, 0.25) is 0 Å². The summed E-state index contributed by atoms with van der Waals surface area (Å²) in [5.74, 6) is 0. The van der Waals surface area contributed by atoms with E-state index in [2.05, 4.69) is 18.9 Å². The van der Waals surface area contributed by atoms with Crippen LogP contribution < -0.4 is 0 Å². The minimum atomic E-state index is 0.474. The Bertz CT molecular complexity index is 332. The number of fused-ring (bicyclic) bond motifs is 1. The zero-order chi connectivity index (χ0) is 9.42. The van der Waals surface area contributed by atoms with Crippen LogP contribution in [0.3, 0.4) is 0 Å². The highest BCUT2D eigenvalue weighted by Gasteiger charge is 2.23. The number of rotatable bonds is 1. The van der Waals surface area contributed by atoms with Crippen LogP contribution in [0.15, 0.2) is 6.07 Å². The Hall–Kier alpha value is -0.670. The third-order valence-electron chi connectivity index (χ3n) is 2.75. The number of likely N-dealkylation sites (N-methyl/N-ethyl adjacent to an activating group) is 1. The summed E-state index contributed by atoms with van der Waals surface area (Å²) in [5.41, 5.74) is 1.37. The maximum absolute atomic E-state index is 10.6. The van der Waals surface area contributed by atoms with Gasteiger partial charge in [0, 0.05) is 17.5 Å². The van der Waals surface area contributed by atoms with Gasteiger partial charge in [0.25, 0.3) is 0 Å². The molecule has 2 heterocycles. The van der Waals surface area contributed by atoms with Gasteiger partial charge in [-0.1, -0.05) is 0 Å². The first-order chi connectivity index (χ1) is 6.22. The van der Waals surface area contributed by atoms with Gasteiger partial charge >= 0.3 is 0 Å². The van der Waals surface area contributed by atoms with Crippen molar-refractivity contribution in [1.29, 1.82) is 0 Å². The van der Waals surface area contributed by atoms with Crippen molar-refractivity contribution in [3.05, 3.63) is 21.4 Å². The number of carbonyl (C=O) groups excluding carboxylic acids is 1. The van der Waals surface area contributed by atoms with Crippen molar-refractivity contribution in [3.63, 3.8) is 0 Å². The first kappa shape index (κ1) is 8.91. The van der Waals surface area contributed by atoms with Gasteiger partial charge in [0.15, 0.2) is 6.29 Å². The van der Waals surface area contributed by atoms with Gasteiger partial charge in [-0.25, -0.2) is 0 Å². The Morgan fingerprint density at radius 3 is 3.15 bits per heavy atom. The van der Waals surface area contributed by atoms with E-state index in [1.54, 1.807) is 11.3 Å². The lowest BCUT2D eigenvalue weighted by Gasteiger charge is -2.29. The van der Waals surface area contributed by atoms with Crippen LogP contribution in [0, 0.1) is 0 Å². The van der Waals surface area contributed by atoms with Crippen LogP contribution in [0.2, 0.25) is 0 Å². The number of carbonyl (C=O) groups is 1. The van der Waals surface area contributed by atoms with E-state index in [4.69, 9.17) is 0 Å². The number of hydrogen-bond donors (Lipinski definition) is 0. The number of aldehydes is 1. The molecule has 3 heteroatoms. The molecule has 1 atom stereocenters. The van der Waals surface area contributed by atoms with E-state index in [0.29, 0.717) is 6.04 Å². The molecule has 13 heavy (non-hydrogen) atoms. The average Bonchev–Trinajstić information content (AvgIpc) is 2.55. The smallest absolute Gasteiger partial charge is 0.160 e. The SMILES string of the molecule is CC1c2sc(C=O)cc2CCN1C. The van der Waals surface area contributed by atoms with Gasteiger partial charge in [0.05, 0.1) is 4.88 Å². The summed E-state index contributed by atoms with van der Waals surface area (Å²) in [6, 6.07) is 2.51. The Kier molecular flexibility index (Phi) is 2.22. The maximum Gasteiger partial charge on any atom is 0.160 e. The second-order valence-electron chi connectivity index (χ2n) is 3.56. The van der Waals surface area contributed by atoms with Crippen molar-refractivity contribution < 1.29 is 4.79 Å². The Balaban J connectivity index is 2.41. The summed E-state index contributed by atoms with van der Waals surface area (Å²) in [4.78, 5) is 15.2. The molecule has 0 saturated carbocycles. The highest BCUT2D eigenvalue weighted by molar-refractivity contribution is 7.13. The van der Waals surface area contributed by atoms with E-state index < -0.39 is 0 Å². The molecular weight excluding hydrogens is 182 g/mol. The highest BCUT2D eigenvalue weighted by Crippen LogP contribution is 2.34. The minimum absolute atomic E-state index is 0.474. The van der Waals surface area contributed by atoms with Gasteiger partial charge < -0.3 is 0 Å². The summed E-state index contributed by atoms with van der Waals surface area (Å²) in [6.45, 7) is 3.30. The summed E-state index contributed by atoms with van der Waals surface area (Å²) >= 11 is 1.64. The lowest BCUT2D eigenvalue weighted by atomic mass is 10.0. The van der Waals surface area contributed by atoms with Gasteiger partial charge in [0.1, 0.15) is 0 Å². The fourth-order valence-corrected chi connectivity index (χ4v) is 2.91. The first-order valence-corrected chi connectivity index (χ1v) is 5.32. The van der Waals surface area contributed by atoms with E-state index in [-0.39, 0.29) is 0 Å². The van der Waals surface area contributed by atoms with Crippen LogP contribution in [-0.2, 0) is 6.42 Å². The number of hydrogen-bond acceptors (Lipinski definition) is 3. The lowest BCUT2D eigenvalue weighted by molar-refractivity contribution is 0.112. The first-order valence-electron chi connectivity index (χ1n) is 4.50. The fourth-order valence-electron chi connectivity index (χ4n) is 1.76. The molecule has 0 spiro atoms. The molecular formula is C10H13NOS. The molecule has 0 N–H and O–H groups in total. The summed E-state index contributed by atoms with van der Waals surface area (Å²) in [6.07, 6.45) is 2.04. The van der Waals surface area contributed by atoms with Crippen molar-refractivity contribution in [3.8, 4) is 0 Å². The monoisotopic (exact) mass is 195 g/mol. The second kappa shape index (κ2) is 3.24.